The lowest BCUT2D eigenvalue weighted by atomic mass is 10.0. The van der Waals surface area contributed by atoms with Crippen LogP contribution in [0, 0.1) is 5.92 Å². The van der Waals surface area contributed by atoms with E-state index in [1.54, 1.807) is 14.0 Å². The van der Waals surface area contributed by atoms with Gasteiger partial charge in [-0.2, -0.15) is 0 Å². The van der Waals surface area contributed by atoms with Gasteiger partial charge in [0.25, 0.3) is 0 Å². The molecule has 0 fully saturated rings. The van der Waals surface area contributed by atoms with E-state index in [0.717, 1.165) is 34.2 Å². The molecule has 5 heteroatoms. The zero-order valence-electron chi connectivity index (χ0n) is 14.0. The molecule has 124 valence electrons. The van der Waals surface area contributed by atoms with Crippen LogP contribution >= 0.6 is 11.3 Å². The lowest BCUT2D eigenvalue weighted by molar-refractivity contribution is -0.144. The van der Waals surface area contributed by atoms with Gasteiger partial charge in [-0.15, -0.1) is 11.3 Å². The van der Waals surface area contributed by atoms with Crippen molar-refractivity contribution in [2.24, 2.45) is 5.92 Å². The minimum absolute atomic E-state index is 0.0277. The number of ether oxygens (including phenoxy) is 2. The molecule has 0 saturated heterocycles. The molecule has 0 amide bonds. The van der Waals surface area contributed by atoms with Crippen LogP contribution in [0.3, 0.4) is 0 Å². The third-order valence-corrected chi connectivity index (χ3v) is 4.95. The van der Waals surface area contributed by atoms with Gasteiger partial charge >= 0.3 is 5.97 Å². The molecule has 0 N–H and O–H groups in total. The summed E-state index contributed by atoms with van der Waals surface area (Å²) in [5.74, 6) is 0.0495. The average Bonchev–Trinajstić information content (AvgIpc) is 2.96. The number of hydrogen-bond donors (Lipinski definition) is 0. The van der Waals surface area contributed by atoms with Gasteiger partial charge in [0.05, 0.1) is 25.0 Å². The van der Waals surface area contributed by atoms with Gasteiger partial charge in [0, 0.05) is 11.1 Å². The minimum Gasteiger partial charge on any atom is -0.496 e. The van der Waals surface area contributed by atoms with E-state index in [-0.39, 0.29) is 18.2 Å². The number of ketones is 1. The number of fused-ring (bicyclic) bond motifs is 1. The zero-order chi connectivity index (χ0) is 17.0. The Balaban J connectivity index is 2.29. The first-order valence-corrected chi connectivity index (χ1v) is 8.53. The maximum absolute atomic E-state index is 12.4. The van der Waals surface area contributed by atoms with E-state index in [0.29, 0.717) is 4.88 Å². The molecule has 0 aliphatic rings. The van der Waals surface area contributed by atoms with Crippen LogP contribution in [0.5, 0.6) is 5.75 Å². The Bertz CT molecular complexity index is 717. The summed E-state index contributed by atoms with van der Waals surface area (Å²) in [7, 11) is 3.00. The maximum atomic E-state index is 12.4. The van der Waals surface area contributed by atoms with Crippen molar-refractivity contribution in [2.75, 3.05) is 14.2 Å². The van der Waals surface area contributed by atoms with Crippen LogP contribution in [-0.4, -0.2) is 26.0 Å². The smallest absolute Gasteiger partial charge is 0.308 e. The highest BCUT2D eigenvalue weighted by molar-refractivity contribution is 7.20. The molecule has 0 bridgehead atoms. The predicted octanol–water partition coefficient (Wildman–Crippen LogP) is 4.24. The molecule has 1 aromatic heterocycles. The van der Waals surface area contributed by atoms with Crippen molar-refractivity contribution in [3.05, 3.63) is 28.6 Å². The molecule has 2 rings (SSSR count). The summed E-state index contributed by atoms with van der Waals surface area (Å²) in [6.45, 7) is 3.83. The van der Waals surface area contributed by atoms with Gasteiger partial charge in [0.1, 0.15) is 5.75 Å². The number of rotatable bonds is 7. The van der Waals surface area contributed by atoms with E-state index in [9.17, 15) is 9.59 Å². The number of methoxy groups -OCH3 is 2. The monoisotopic (exact) mass is 334 g/mol. The van der Waals surface area contributed by atoms with Gasteiger partial charge < -0.3 is 9.47 Å². The van der Waals surface area contributed by atoms with E-state index in [4.69, 9.17) is 4.74 Å². The largest absolute Gasteiger partial charge is 0.496 e. The van der Waals surface area contributed by atoms with Crippen LogP contribution in [-0.2, 0) is 16.0 Å². The second kappa shape index (κ2) is 7.59. The van der Waals surface area contributed by atoms with Crippen molar-refractivity contribution in [1.82, 2.24) is 0 Å². The van der Waals surface area contributed by atoms with E-state index < -0.39 is 5.92 Å². The summed E-state index contributed by atoms with van der Waals surface area (Å²) < 4.78 is 11.2. The average molecular weight is 334 g/mol. The van der Waals surface area contributed by atoms with E-state index in [2.05, 4.69) is 17.7 Å². The van der Waals surface area contributed by atoms with Crippen LogP contribution < -0.4 is 4.74 Å². The normalized spacial score (nSPS) is 12.2. The fraction of sp³-hybridized carbons (Fsp3) is 0.444. The van der Waals surface area contributed by atoms with E-state index in [1.807, 2.05) is 12.1 Å². The summed E-state index contributed by atoms with van der Waals surface area (Å²) in [5, 5.41) is 1.00. The Morgan fingerprint density at radius 2 is 1.96 bits per heavy atom. The van der Waals surface area contributed by atoms with Gasteiger partial charge in [-0.25, -0.2) is 0 Å². The lowest BCUT2D eigenvalue weighted by Crippen LogP contribution is -2.16. The molecule has 0 spiro atoms. The van der Waals surface area contributed by atoms with Crippen molar-refractivity contribution in [1.29, 1.82) is 0 Å². The summed E-state index contributed by atoms with van der Waals surface area (Å²) in [6, 6.07) is 5.96. The fourth-order valence-electron chi connectivity index (χ4n) is 2.56. The standard InChI is InChI=1S/C18H22O4S/c1-5-6-12-9-16-13(8-15(12)21-3)10-17(23-16)14(19)7-11(2)18(20)22-4/h8-11H,5-7H2,1-4H3. The highest BCUT2D eigenvalue weighted by atomic mass is 32.1. The van der Waals surface area contributed by atoms with Crippen molar-refractivity contribution in [3.8, 4) is 5.75 Å². The number of carbonyl (C=O) groups excluding carboxylic acids is 2. The summed E-state index contributed by atoms with van der Waals surface area (Å²) in [6.07, 6.45) is 2.15. The number of aryl methyl sites for hydroxylation is 1. The Morgan fingerprint density at radius 1 is 1.22 bits per heavy atom. The summed E-state index contributed by atoms with van der Waals surface area (Å²) in [5.41, 5.74) is 1.16. The molecule has 0 radical (unpaired) electrons. The van der Waals surface area contributed by atoms with Crippen LogP contribution in [0.25, 0.3) is 10.1 Å². The van der Waals surface area contributed by atoms with Gasteiger partial charge in [0.15, 0.2) is 5.78 Å². The molecule has 0 saturated carbocycles. The van der Waals surface area contributed by atoms with Gasteiger partial charge in [0.2, 0.25) is 0 Å². The molecule has 0 aliphatic carbocycles. The number of hydrogen-bond acceptors (Lipinski definition) is 5. The Morgan fingerprint density at radius 3 is 2.57 bits per heavy atom. The number of thiophene rings is 1. The van der Waals surface area contributed by atoms with Crippen LogP contribution in [0.2, 0.25) is 0 Å². The topological polar surface area (TPSA) is 52.6 Å². The van der Waals surface area contributed by atoms with Crippen molar-refractivity contribution < 1.29 is 19.1 Å². The van der Waals surface area contributed by atoms with Crippen molar-refractivity contribution in [2.45, 2.75) is 33.1 Å². The first kappa shape index (κ1) is 17.5. The molecule has 23 heavy (non-hydrogen) atoms. The molecule has 1 unspecified atom stereocenters. The van der Waals surface area contributed by atoms with E-state index in [1.165, 1.54) is 18.4 Å². The van der Waals surface area contributed by atoms with Gasteiger partial charge in [-0.3, -0.25) is 9.59 Å². The SMILES string of the molecule is CCCc1cc2sc(C(=O)CC(C)C(=O)OC)cc2cc1OC. The van der Waals surface area contributed by atoms with Crippen molar-refractivity contribution >= 4 is 33.2 Å². The summed E-state index contributed by atoms with van der Waals surface area (Å²) in [4.78, 5) is 24.5. The second-order valence-corrected chi connectivity index (χ2v) is 6.70. The molecule has 1 heterocycles. The van der Waals surface area contributed by atoms with Crippen molar-refractivity contribution in [3.63, 3.8) is 0 Å². The highest BCUT2D eigenvalue weighted by Crippen LogP contribution is 2.33. The first-order valence-electron chi connectivity index (χ1n) is 7.71. The molecular formula is C18H22O4S. The molecule has 4 nitrogen and oxygen atoms in total. The Kier molecular flexibility index (Phi) is 5.77. The van der Waals surface area contributed by atoms with Crippen LogP contribution in [0.1, 0.15) is 41.9 Å². The summed E-state index contributed by atoms with van der Waals surface area (Å²) >= 11 is 1.47. The fourth-order valence-corrected chi connectivity index (χ4v) is 3.62. The Hall–Kier alpha value is -1.88. The number of Topliss-reactive ketones (excluding diaryl/α,β-unsaturated/α-hetero) is 1. The van der Waals surface area contributed by atoms with Gasteiger partial charge in [-0.05, 0) is 35.6 Å². The molecule has 2 aromatic rings. The molecular weight excluding hydrogens is 312 g/mol. The third-order valence-electron chi connectivity index (χ3n) is 3.81. The second-order valence-electron chi connectivity index (χ2n) is 5.61. The maximum Gasteiger partial charge on any atom is 0.308 e. The molecule has 1 atom stereocenters. The number of carbonyl (C=O) groups is 2. The first-order chi connectivity index (χ1) is 11.0. The minimum atomic E-state index is -0.428. The highest BCUT2D eigenvalue weighted by Gasteiger charge is 2.20. The molecule has 1 aromatic carbocycles. The quantitative estimate of drug-likeness (QED) is 0.561. The number of esters is 1. The van der Waals surface area contributed by atoms with E-state index >= 15 is 0 Å². The Labute approximate surface area is 140 Å². The van der Waals surface area contributed by atoms with Crippen LogP contribution in [0.15, 0.2) is 18.2 Å². The number of benzene rings is 1. The van der Waals surface area contributed by atoms with Gasteiger partial charge in [-0.1, -0.05) is 20.3 Å². The third kappa shape index (κ3) is 3.91. The lowest BCUT2D eigenvalue weighted by Gasteiger charge is -2.07. The molecule has 0 aliphatic heterocycles. The van der Waals surface area contributed by atoms with Crippen LogP contribution in [0.4, 0.5) is 0 Å². The predicted molar refractivity (Wildman–Crippen MR) is 92.5 cm³/mol. The zero-order valence-corrected chi connectivity index (χ0v) is 14.8.